The zero-order valence-electron chi connectivity index (χ0n) is 8.79. The van der Waals surface area contributed by atoms with Crippen LogP contribution in [0.25, 0.3) is 0 Å². The van der Waals surface area contributed by atoms with E-state index < -0.39 is 15.8 Å². The molecule has 1 aromatic heterocycles. The van der Waals surface area contributed by atoms with Gasteiger partial charge in [-0.15, -0.1) is 11.3 Å². The average molecular weight is 260 g/mol. The molecule has 0 radical (unpaired) electrons. The van der Waals surface area contributed by atoms with Crippen molar-refractivity contribution < 1.29 is 13.2 Å². The topological polar surface area (TPSA) is 68.5 Å². The van der Waals surface area contributed by atoms with E-state index in [-0.39, 0.29) is 17.4 Å². The van der Waals surface area contributed by atoms with Crippen molar-refractivity contribution in [3.05, 3.63) is 16.4 Å². The smallest absolute Gasteiger partial charge is 0.252 e. The molecule has 1 amide bonds. The summed E-state index contributed by atoms with van der Waals surface area (Å²) in [4.78, 5) is 16.3. The molecule has 1 fully saturated rings. The Morgan fingerprint density at radius 1 is 1.62 bits per heavy atom. The van der Waals surface area contributed by atoms with E-state index >= 15 is 0 Å². The first-order chi connectivity index (χ1) is 7.48. The second-order valence-corrected chi connectivity index (χ2v) is 6.95. The Bertz CT molecular complexity index is 568. The number of carbonyl (C=O) groups is 1. The second kappa shape index (κ2) is 4.14. The molecule has 0 aliphatic carbocycles. The number of aryl methyl sites for hydroxylation is 1. The van der Waals surface area contributed by atoms with E-state index in [9.17, 15) is 13.2 Å². The molecule has 2 heterocycles. The number of rotatable bonds is 1. The Morgan fingerprint density at radius 3 is 2.88 bits per heavy atom. The van der Waals surface area contributed by atoms with Crippen molar-refractivity contribution >= 4 is 27.1 Å². The first kappa shape index (κ1) is 11.5. The third kappa shape index (κ3) is 2.41. The number of nitrogens with zero attached hydrogens (tertiary/aromatic N) is 2. The molecule has 0 saturated carbocycles. The van der Waals surface area contributed by atoms with Crippen LogP contribution in [0.1, 0.15) is 6.42 Å². The zero-order valence-corrected chi connectivity index (χ0v) is 10.4. The molecule has 7 heteroatoms. The van der Waals surface area contributed by atoms with Gasteiger partial charge in [0.15, 0.2) is 14.6 Å². The molecular weight excluding hydrogens is 248 g/mol. The number of sulfone groups is 1. The maximum absolute atomic E-state index is 11.7. The molecule has 1 atom stereocenters. The first-order valence-electron chi connectivity index (χ1n) is 4.87. The number of hydrogen-bond donors (Lipinski definition) is 0. The largest absolute Gasteiger partial charge is 0.327 e. The number of hydrogen-bond acceptors (Lipinski definition) is 4. The lowest BCUT2D eigenvalue weighted by Crippen LogP contribution is -2.19. The van der Waals surface area contributed by atoms with Gasteiger partial charge >= 0.3 is 0 Å². The minimum Gasteiger partial charge on any atom is -0.327 e. The Morgan fingerprint density at radius 2 is 2.38 bits per heavy atom. The van der Waals surface area contributed by atoms with Gasteiger partial charge in [0, 0.05) is 18.6 Å². The number of thiazole rings is 1. The summed E-state index contributed by atoms with van der Waals surface area (Å²) in [6.45, 7) is 0. The molecule has 0 N–H and O–H groups in total. The van der Waals surface area contributed by atoms with Gasteiger partial charge in [0.2, 0.25) is 0 Å². The molecule has 5 nitrogen and oxygen atoms in total. The lowest BCUT2D eigenvalue weighted by molar-refractivity contribution is -0.121. The van der Waals surface area contributed by atoms with E-state index in [2.05, 4.69) is 4.99 Å². The summed E-state index contributed by atoms with van der Waals surface area (Å²) in [5.41, 5.74) is 0. The number of amides is 1. The van der Waals surface area contributed by atoms with Crippen molar-refractivity contribution in [1.29, 1.82) is 0 Å². The van der Waals surface area contributed by atoms with Crippen LogP contribution in [-0.4, -0.2) is 30.4 Å². The molecular formula is C9H12N2O3S2. The fourth-order valence-electron chi connectivity index (χ4n) is 1.61. The summed E-state index contributed by atoms with van der Waals surface area (Å²) in [7, 11) is -1.21. The molecule has 88 valence electrons. The highest BCUT2D eigenvalue weighted by molar-refractivity contribution is 7.91. The van der Waals surface area contributed by atoms with Crippen LogP contribution in [0.15, 0.2) is 16.6 Å². The van der Waals surface area contributed by atoms with Gasteiger partial charge in [-0.2, -0.15) is 4.99 Å². The van der Waals surface area contributed by atoms with Crippen LogP contribution in [0, 0.1) is 5.92 Å². The standard InChI is InChI=1S/C9H12N2O3S2/c1-11-3-4-15-9(11)10-8(12)7-2-5-16(13,14)6-7/h3-4,7H,2,5-6H2,1H3. The van der Waals surface area contributed by atoms with Gasteiger partial charge in [0.05, 0.1) is 17.4 Å². The second-order valence-electron chi connectivity index (χ2n) is 3.85. The van der Waals surface area contributed by atoms with Crippen LogP contribution in [0.2, 0.25) is 0 Å². The van der Waals surface area contributed by atoms with E-state index in [1.807, 2.05) is 11.6 Å². The third-order valence-corrected chi connectivity index (χ3v) is 5.16. The lowest BCUT2D eigenvalue weighted by atomic mass is 10.1. The van der Waals surface area contributed by atoms with Gasteiger partial charge in [0.25, 0.3) is 5.91 Å². The van der Waals surface area contributed by atoms with Gasteiger partial charge in [-0.1, -0.05) is 0 Å². The van der Waals surface area contributed by atoms with Crippen LogP contribution >= 0.6 is 11.3 Å². The minimum absolute atomic E-state index is 0.0512. The van der Waals surface area contributed by atoms with Crippen molar-refractivity contribution in [2.24, 2.45) is 18.0 Å². The molecule has 1 aliphatic rings. The van der Waals surface area contributed by atoms with Crippen molar-refractivity contribution in [2.45, 2.75) is 6.42 Å². The van der Waals surface area contributed by atoms with Crippen LogP contribution in [0.5, 0.6) is 0 Å². The van der Waals surface area contributed by atoms with Crippen LogP contribution in [0.3, 0.4) is 0 Å². The molecule has 0 aromatic carbocycles. The Labute approximate surface area is 97.4 Å². The molecule has 1 unspecified atom stereocenters. The summed E-state index contributed by atoms with van der Waals surface area (Å²) < 4.78 is 24.2. The zero-order chi connectivity index (χ0) is 11.8. The van der Waals surface area contributed by atoms with Crippen molar-refractivity contribution in [1.82, 2.24) is 4.57 Å². The van der Waals surface area contributed by atoms with Crippen molar-refractivity contribution in [3.8, 4) is 0 Å². The summed E-state index contributed by atoms with van der Waals surface area (Å²) in [6, 6.07) is 0. The highest BCUT2D eigenvalue weighted by Gasteiger charge is 2.32. The summed E-state index contributed by atoms with van der Waals surface area (Å²) in [5, 5.41) is 1.83. The summed E-state index contributed by atoms with van der Waals surface area (Å²) in [5.74, 6) is -0.717. The Kier molecular flexibility index (Phi) is 2.98. The van der Waals surface area contributed by atoms with E-state index in [4.69, 9.17) is 0 Å². The molecule has 0 spiro atoms. The van der Waals surface area contributed by atoms with Gasteiger partial charge < -0.3 is 4.57 Å². The maximum atomic E-state index is 11.7. The van der Waals surface area contributed by atoms with E-state index in [0.717, 1.165) is 0 Å². The van der Waals surface area contributed by atoms with Crippen LogP contribution in [0.4, 0.5) is 0 Å². The lowest BCUT2D eigenvalue weighted by Gasteiger charge is -1.99. The normalized spacial score (nSPS) is 24.8. The predicted octanol–water partition coefficient (Wildman–Crippen LogP) is -0.0514. The van der Waals surface area contributed by atoms with E-state index in [1.54, 1.807) is 11.6 Å². The van der Waals surface area contributed by atoms with Gasteiger partial charge in [-0.3, -0.25) is 4.79 Å². The first-order valence-corrected chi connectivity index (χ1v) is 7.57. The monoisotopic (exact) mass is 260 g/mol. The Hall–Kier alpha value is -0.950. The number of aromatic nitrogens is 1. The van der Waals surface area contributed by atoms with E-state index in [1.165, 1.54) is 11.3 Å². The number of carbonyl (C=O) groups excluding carboxylic acids is 1. The highest BCUT2D eigenvalue weighted by atomic mass is 32.2. The molecule has 0 bridgehead atoms. The molecule has 1 saturated heterocycles. The summed E-state index contributed by atoms with van der Waals surface area (Å²) in [6.07, 6.45) is 2.21. The Balaban J connectivity index is 2.20. The third-order valence-electron chi connectivity index (χ3n) is 2.55. The SMILES string of the molecule is Cn1ccsc1=NC(=O)C1CCS(=O)(=O)C1. The summed E-state index contributed by atoms with van der Waals surface area (Å²) >= 11 is 1.36. The molecule has 1 aromatic rings. The van der Waals surface area contributed by atoms with Crippen molar-refractivity contribution in [2.75, 3.05) is 11.5 Å². The molecule has 2 rings (SSSR count). The van der Waals surface area contributed by atoms with Gasteiger partial charge in [0.1, 0.15) is 0 Å². The fraction of sp³-hybridized carbons (Fsp3) is 0.556. The fourth-order valence-corrected chi connectivity index (χ4v) is 4.08. The highest BCUT2D eigenvalue weighted by Crippen LogP contribution is 2.19. The molecule has 1 aliphatic heterocycles. The van der Waals surface area contributed by atoms with Crippen molar-refractivity contribution in [3.63, 3.8) is 0 Å². The minimum atomic E-state index is -3.01. The van der Waals surface area contributed by atoms with Crippen LogP contribution < -0.4 is 4.80 Å². The van der Waals surface area contributed by atoms with Gasteiger partial charge in [-0.25, -0.2) is 8.42 Å². The molecule has 16 heavy (non-hydrogen) atoms. The maximum Gasteiger partial charge on any atom is 0.252 e. The predicted molar refractivity (Wildman–Crippen MR) is 60.6 cm³/mol. The van der Waals surface area contributed by atoms with E-state index in [0.29, 0.717) is 11.2 Å². The van der Waals surface area contributed by atoms with Crippen LogP contribution in [-0.2, 0) is 21.7 Å². The quantitative estimate of drug-likeness (QED) is 0.711. The van der Waals surface area contributed by atoms with Gasteiger partial charge in [-0.05, 0) is 6.42 Å². The average Bonchev–Trinajstić information content (AvgIpc) is 2.74.